The zero-order valence-electron chi connectivity index (χ0n) is 49.5. The summed E-state index contributed by atoms with van der Waals surface area (Å²) in [5, 5.41) is 115. The van der Waals surface area contributed by atoms with Gasteiger partial charge in [-0.1, -0.05) is 166 Å². The van der Waals surface area contributed by atoms with E-state index in [0.717, 1.165) is 0 Å². The summed E-state index contributed by atoms with van der Waals surface area (Å²) in [7, 11) is 0. The second kappa shape index (κ2) is 82.9. The zero-order chi connectivity index (χ0) is 61.9. The number of carbonyl (C=O) groups is 12. The second-order valence-electron chi connectivity index (χ2n) is 17.7. The Morgan fingerprint density at radius 2 is 0.167 bits per heavy atom. The minimum atomic E-state index is -0.991. The summed E-state index contributed by atoms with van der Waals surface area (Å²) >= 11 is 0. The van der Waals surface area contributed by atoms with Crippen molar-refractivity contribution in [1.82, 2.24) is 0 Å². The van der Waals surface area contributed by atoms with Gasteiger partial charge >= 0.3 is 105 Å². The number of carboxylic acid groups (broad SMARTS) is 12. The van der Waals surface area contributed by atoms with Crippen molar-refractivity contribution in [3.63, 3.8) is 0 Å². The van der Waals surface area contributed by atoms with Gasteiger partial charge in [-0.05, 0) is 71.0 Å². The van der Waals surface area contributed by atoms with Gasteiger partial charge in [0.25, 0.3) is 0 Å². The molecule has 26 nitrogen and oxygen atoms in total. The van der Waals surface area contributed by atoms with Crippen LogP contribution in [-0.2, 0) is 173 Å². The van der Waals surface area contributed by atoms with E-state index in [9.17, 15) is 119 Å². The Kier molecular flexibility index (Phi) is 134. The van der Waals surface area contributed by atoms with E-state index >= 15 is 0 Å². The van der Waals surface area contributed by atoms with Crippen LogP contribution in [0.25, 0.3) is 0 Å². The molecule has 0 radical (unpaired) electrons. The maximum atomic E-state index is 9.59. The molecule has 0 aliphatic rings. The number of rotatable bonds is 12. The molecule has 0 heterocycles. The van der Waals surface area contributed by atoms with Crippen molar-refractivity contribution in [3.05, 3.63) is 0 Å². The Morgan fingerprint density at radius 1 is 0.154 bits per heavy atom. The Balaban J connectivity index is -0.0000000312. The van der Waals surface area contributed by atoms with Gasteiger partial charge in [-0.2, -0.15) is 0 Å². The molecule has 0 aromatic rings. The van der Waals surface area contributed by atoms with Gasteiger partial charge in [0.1, 0.15) is 0 Å². The molecule has 0 aromatic heterocycles. The molecule has 0 N–H and O–H groups in total. The molecule has 0 spiro atoms. The van der Waals surface area contributed by atoms with Crippen LogP contribution in [0.2, 0.25) is 0 Å². The molecule has 30 heteroatoms. The summed E-state index contributed by atoms with van der Waals surface area (Å²) in [6.07, 6.45) is 0. The van der Waals surface area contributed by atoms with E-state index in [1.54, 1.807) is 166 Å². The van der Waals surface area contributed by atoms with Crippen molar-refractivity contribution >= 4 is 71.6 Å². The third kappa shape index (κ3) is 187. The smallest absolute Gasteiger partial charge is 2.00 e. The van der Waals surface area contributed by atoms with E-state index in [0.29, 0.717) is 0 Å². The average molecular weight is 1440 g/mol. The minimum absolute atomic E-state index is 0. The maximum absolute atomic E-state index is 9.59. The quantitative estimate of drug-likeness (QED) is 0.175. The van der Waals surface area contributed by atoms with Gasteiger partial charge in [-0.15, -0.1) is 0 Å². The second-order valence-corrected chi connectivity index (χ2v) is 17.7. The first-order valence-corrected chi connectivity index (χ1v) is 22.2. The number of carbonyl (C=O) groups excluding carboxylic acids is 12. The van der Waals surface area contributed by atoms with Crippen molar-refractivity contribution < 1.29 is 235 Å². The Bertz CT molecular complexity index is 1090. The molecule has 0 bridgehead atoms. The van der Waals surface area contributed by atoms with Crippen LogP contribution in [0.1, 0.15) is 166 Å². The fourth-order valence-corrected chi connectivity index (χ4v) is 0. The molecule has 0 aromatic carbocycles. The Labute approximate surface area is 538 Å². The summed E-state index contributed by atoms with van der Waals surface area (Å²) in [4.78, 5) is 115. The predicted molar refractivity (Wildman–Crippen MR) is 240 cm³/mol. The largest absolute Gasteiger partial charge is 4.00 e. The van der Waals surface area contributed by atoms with E-state index in [1.807, 2.05) is 0 Å². The third-order valence-electron chi connectivity index (χ3n) is 5.66. The van der Waals surface area contributed by atoms with Crippen molar-refractivity contribution in [2.24, 2.45) is 71.0 Å². The van der Waals surface area contributed by atoms with E-state index in [1.165, 1.54) is 0 Å². The standard InChI is InChI=1S/12C4H8O2.2O.4Zr/c12*1-3(2)4(5)6;;;;;;/h12*3H,1-2H3,(H,5,6);;;;;;/q;;;;;;;;;;;;2*-2;4*+4/p-12. The van der Waals surface area contributed by atoms with Crippen LogP contribution in [0.5, 0.6) is 0 Å². The molecule has 0 unspecified atom stereocenters. The number of hydrogen-bond acceptors (Lipinski definition) is 24. The minimum Gasteiger partial charge on any atom is -2.00 e. The van der Waals surface area contributed by atoms with Crippen LogP contribution >= 0.6 is 0 Å². The van der Waals surface area contributed by atoms with Gasteiger partial charge in [-0.25, -0.2) is 0 Å². The fraction of sp³-hybridized carbons (Fsp3) is 0.750. The molecule has 0 saturated heterocycles. The van der Waals surface area contributed by atoms with E-state index in [4.69, 9.17) is 0 Å². The molecule has 448 valence electrons. The van der Waals surface area contributed by atoms with Gasteiger partial charge in [0, 0.05) is 71.6 Å². The molecule has 78 heavy (non-hydrogen) atoms. The van der Waals surface area contributed by atoms with Gasteiger partial charge < -0.3 is 130 Å². The Morgan fingerprint density at radius 3 is 0.167 bits per heavy atom. The van der Waals surface area contributed by atoms with Gasteiger partial charge in [-0.3, -0.25) is 0 Å². The molecule has 0 amide bonds. The van der Waals surface area contributed by atoms with Gasteiger partial charge in [0.05, 0.1) is 0 Å². The SMILES string of the molecule is CC(C)C(=O)[O-].CC(C)C(=O)[O-].CC(C)C(=O)[O-].CC(C)C(=O)[O-].CC(C)C(=O)[O-].CC(C)C(=O)[O-].CC(C)C(=O)[O-].CC(C)C(=O)[O-].CC(C)C(=O)[O-].CC(C)C(=O)[O-].CC(C)C(=O)[O-].CC(C)C(=O)[O-].[O-2].[O-2].[Zr+4].[Zr+4].[Zr+4].[Zr+4]. The summed E-state index contributed by atoms with van der Waals surface area (Å²) in [6.45, 7) is 37.9. The number of carboxylic acids is 12. The van der Waals surface area contributed by atoms with E-state index in [-0.39, 0.29) is 187 Å². The van der Waals surface area contributed by atoms with Crippen LogP contribution in [0.3, 0.4) is 0 Å². The monoisotopic (exact) mass is 1440 g/mol. The first-order chi connectivity index (χ1) is 31.7. The number of aliphatic carboxylic acids is 12. The van der Waals surface area contributed by atoms with Crippen molar-refractivity contribution in [2.45, 2.75) is 166 Å². The Hall–Kier alpha value is -2.91. The van der Waals surface area contributed by atoms with E-state index in [2.05, 4.69) is 0 Å². The zero-order valence-corrected chi connectivity index (χ0v) is 59.4. The normalized spacial score (nSPS) is 8.46. The molecule has 0 saturated carbocycles. The predicted octanol–water partition coefficient (Wildman–Crippen LogP) is -7.54. The van der Waals surface area contributed by atoms with Crippen molar-refractivity contribution in [1.29, 1.82) is 0 Å². The first kappa shape index (κ1) is 126. The molecule has 0 fully saturated rings. The third-order valence-corrected chi connectivity index (χ3v) is 5.66. The number of hydrogen-bond donors (Lipinski definition) is 0. The first-order valence-electron chi connectivity index (χ1n) is 22.2. The summed E-state index contributed by atoms with van der Waals surface area (Å²) in [5.74, 6) is -16.0. The molecule has 0 aliphatic carbocycles. The average Bonchev–Trinajstić information content (AvgIpc) is 3.19. The van der Waals surface area contributed by atoms with Crippen molar-refractivity contribution in [2.75, 3.05) is 0 Å². The molecule has 0 rings (SSSR count). The molecular weight excluding hydrogens is 1360 g/mol. The maximum Gasteiger partial charge on any atom is 4.00 e. The van der Waals surface area contributed by atoms with Crippen LogP contribution < -0.4 is 61.3 Å². The van der Waals surface area contributed by atoms with Gasteiger partial charge in [0.15, 0.2) is 0 Å². The molecular formula is C48H84O26Zr4. The van der Waals surface area contributed by atoms with Gasteiger partial charge in [0.2, 0.25) is 0 Å². The summed E-state index contributed by atoms with van der Waals surface area (Å²) < 4.78 is 0. The topological polar surface area (TPSA) is 539 Å². The van der Waals surface area contributed by atoms with Crippen LogP contribution in [0.4, 0.5) is 0 Å². The summed E-state index contributed by atoms with van der Waals surface area (Å²) in [5.41, 5.74) is 0. The van der Waals surface area contributed by atoms with Crippen LogP contribution in [0.15, 0.2) is 0 Å². The molecule has 0 atom stereocenters. The fourth-order valence-electron chi connectivity index (χ4n) is 0. The molecule has 0 aliphatic heterocycles. The van der Waals surface area contributed by atoms with Crippen LogP contribution in [0, 0.1) is 71.0 Å². The van der Waals surface area contributed by atoms with Crippen LogP contribution in [-0.4, -0.2) is 71.6 Å². The van der Waals surface area contributed by atoms with Crippen molar-refractivity contribution in [3.8, 4) is 0 Å². The van der Waals surface area contributed by atoms with E-state index < -0.39 is 71.6 Å². The summed E-state index contributed by atoms with van der Waals surface area (Å²) in [6, 6.07) is 0.